The summed E-state index contributed by atoms with van der Waals surface area (Å²) in [4.78, 5) is 26.5. The lowest BCUT2D eigenvalue weighted by Crippen LogP contribution is -2.37. The van der Waals surface area contributed by atoms with Crippen molar-refractivity contribution in [1.82, 2.24) is 4.90 Å². The van der Waals surface area contributed by atoms with Crippen LogP contribution in [-0.4, -0.2) is 35.0 Å². The number of carboxylic acid groups (broad SMARTS) is 1. The molecule has 0 bridgehead atoms. The number of aliphatic carboxylic acids is 1. The van der Waals surface area contributed by atoms with Crippen molar-refractivity contribution in [3.8, 4) is 0 Å². The van der Waals surface area contributed by atoms with Gasteiger partial charge in [-0.3, -0.25) is 9.59 Å². The minimum atomic E-state index is -0.820. The molecule has 182 valence electrons. The number of amides is 1. The van der Waals surface area contributed by atoms with Crippen molar-refractivity contribution in [2.24, 2.45) is 5.92 Å². The fraction of sp³-hybridized carbons (Fsp3) is 0.852. The Hall–Kier alpha value is -1.32. The summed E-state index contributed by atoms with van der Waals surface area (Å²) in [7, 11) is 0. The molecule has 1 N–H and O–H groups in total. The van der Waals surface area contributed by atoms with E-state index in [4.69, 9.17) is 5.11 Å². The van der Waals surface area contributed by atoms with E-state index in [-0.39, 0.29) is 18.2 Å². The molecule has 0 saturated heterocycles. The van der Waals surface area contributed by atoms with Crippen LogP contribution in [0, 0.1) is 5.92 Å². The third-order valence-corrected chi connectivity index (χ3v) is 5.95. The van der Waals surface area contributed by atoms with Crippen molar-refractivity contribution in [3.63, 3.8) is 0 Å². The number of carbonyl (C=O) groups is 2. The van der Waals surface area contributed by atoms with Crippen molar-refractivity contribution >= 4 is 11.9 Å². The molecule has 31 heavy (non-hydrogen) atoms. The number of nitrogens with zero attached hydrogens (tertiary/aromatic N) is 1. The van der Waals surface area contributed by atoms with Crippen LogP contribution < -0.4 is 0 Å². The summed E-state index contributed by atoms with van der Waals surface area (Å²) >= 11 is 0. The molecule has 0 radical (unpaired) electrons. The van der Waals surface area contributed by atoms with Crippen LogP contribution >= 0.6 is 0 Å². The van der Waals surface area contributed by atoms with Gasteiger partial charge < -0.3 is 10.0 Å². The van der Waals surface area contributed by atoms with E-state index >= 15 is 0 Å². The van der Waals surface area contributed by atoms with Crippen LogP contribution in [0.15, 0.2) is 12.2 Å². The van der Waals surface area contributed by atoms with Crippen molar-refractivity contribution in [2.45, 2.75) is 130 Å². The number of unbranched alkanes of at least 4 members (excludes halogenated alkanes) is 12. The average Bonchev–Trinajstić information content (AvgIpc) is 2.76. The van der Waals surface area contributed by atoms with Crippen LogP contribution in [-0.2, 0) is 9.59 Å². The van der Waals surface area contributed by atoms with E-state index in [1.807, 2.05) is 11.0 Å². The van der Waals surface area contributed by atoms with Crippen molar-refractivity contribution < 1.29 is 14.7 Å². The van der Waals surface area contributed by atoms with E-state index < -0.39 is 5.97 Å². The highest BCUT2D eigenvalue weighted by molar-refractivity contribution is 5.81. The Kier molecular flexibility index (Phi) is 21.0. The van der Waals surface area contributed by atoms with Gasteiger partial charge in [-0.1, -0.05) is 104 Å². The zero-order valence-electron chi connectivity index (χ0n) is 20.9. The van der Waals surface area contributed by atoms with Gasteiger partial charge in [0, 0.05) is 19.5 Å². The monoisotopic (exact) mass is 437 g/mol. The van der Waals surface area contributed by atoms with Crippen molar-refractivity contribution in [1.29, 1.82) is 0 Å². The second kappa shape index (κ2) is 21.9. The topological polar surface area (TPSA) is 57.6 Å². The predicted molar refractivity (Wildman–Crippen MR) is 132 cm³/mol. The SMILES string of the molecule is CCCCCCCC/C=C/C(CCC(=O)O)C(=O)N(CCCCCC)CCCCCC. The largest absolute Gasteiger partial charge is 0.481 e. The lowest BCUT2D eigenvalue weighted by molar-refractivity contribution is -0.138. The number of carbonyl (C=O) groups excluding carboxylic acids is 1. The average molecular weight is 438 g/mol. The third-order valence-electron chi connectivity index (χ3n) is 5.95. The summed E-state index contributed by atoms with van der Waals surface area (Å²) in [6.07, 6.45) is 22.3. The molecule has 0 saturated carbocycles. The fourth-order valence-electron chi connectivity index (χ4n) is 3.91. The van der Waals surface area contributed by atoms with Crippen LogP contribution in [0.1, 0.15) is 130 Å². The van der Waals surface area contributed by atoms with Crippen molar-refractivity contribution in [2.75, 3.05) is 13.1 Å². The van der Waals surface area contributed by atoms with Gasteiger partial charge in [-0.25, -0.2) is 0 Å². The summed E-state index contributed by atoms with van der Waals surface area (Å²) in [6.45, 7) is 8.24. The highest BCUT2D eigenvalue weighted by atomic mass is 16.4. The lowest BCUT2D eigenvalue weighted by Gasteiger charge is -2.26. The Morgan fingerprint density at radius 1 is 0.742 bits per heavy atom. The van der Waals surface area contributed by atoms with Gasteiger partial charge in [-0.05, 0) is 32.1 Å². The molecule has 0 rings (SSSR count). The zero-order valence-corrected chi connectivity index (χ0v) is 20.9. The summed E-state index contributed by atoms with van der Waals surface area (Å²) in [5, 5.41) is 9.15. The fourth-order valence-corrected chi connectivity index (χ4v) is 3.91. The van der Waals surface area contributed by atoms with Crippen LogP contribution in [0.4, 0.5) is 0 Å². The molecular weight excluding hydrogens is 386 g/mol. The Morgan fingerprint density at radius 3 is 1.74 bits per heavy atom. The van der Waals surface area contributed by atoms with E-state index in [2.05, 4.69) is 26.8 Å². The first-order valence-corrected chi connectivity index (χ1v) is 13.2. The van der Waals surface area contributed by atoms with Crippen LogP contribution in [0.25, 0.3) is 0 Å². The second-order valence-electron chi connectivity index (χ2n) is 8.97. The van der Waals surface area contributed by atoms with Gasteiger partial charge in [-0.15, -0.1) is 0 Å². The van der Waals surface area contributed by atoms with Gasteiger partial charge in [0.15, 0.2) is 0 Å². The molecule has 1 unspecified atom stereocenters. The number of carboxylic acids is 1. The first-order valence-electron chi connectivity index (χ1n) is 13.2. The molecule has 4 heteroatoms. The molecular formula is C27H51NO3. The maximum Gasteiger partial charge on any atom is 0.303 e. The standard InChI is InChI=1S/C27H51NO3/c1-4-7-10-13-14-15-16-17-20-25(21-22-26(29)30)27(31)28(23-18-11-8-5-2)24-19-12-9-6-3/h17,20,25H,4-16,18-19,21-24H2,1-3H3,(H,29,30)/b20-17+. The number of rotatable bonds is 22. The Balaban J connectivity index is 4.81. The molecule has 0 aromatic heterocycles. The normalized spacial score (nSPS) is 12.4. The number of hydrogen-bond acceptors (Lipinski definition) is 2. The van der Waals surface area contributed by atoms with Gasteiger partial charge in [0.05, 0.1) is 5.92 Å². The van der Waals surface area contributed by atoms with Gasteiger partial charge >= 0.3 is 5.97 Å². The van der Waals surface area contributed by atoms with Gasteiger partial charge in [-0.2, -0.15) is 0 Å². The molecule has 1 atom stereocenters. The minimum Gasteiger partial charge on any atom is -0.481 e. The Bertz CT molecular complexity index is 449. The highest BCUT2D eigenvalue weighted by Gasteiger charge is 2.22. The van der Waals surface area contributed by atoms with Gasteiger partial charge in [0.1, 0.15) is 0 Å². The molecule has 0 aromatic rings. The van der Waals surface area contributed by atoms with E-state index in [9.17, 15) is 9.59 Å². The lowest BCUT2D eigenvalue weighted by atomic mass is 9.99. The molecule has 0 spiro atoms. The molecule has 4 nitrogen and oxygen atoms in total. The molecule has 0 fully saturated rings. The van der Waals surface area contributed by atoms with E-state index in [0.717, 1.165) is 51.6 Å². The minimum absolute atomic E-state index is 0.0529. The van der Waals surface area contributed by atoms with E-state index in [0.29, 0.717) is 6.42 Å². The molecule has 0 aliphatic carbocycles. The summed E-state index contributed by atoms with van der Waals surface area (Å²) < 4.78 is 0. The predicted octanol–water partition coefficient (Wildman–Crippen LogP) is 7.76. The number of hydrogen-bond donors (Lipinski definition) is 1. The molecule has 0 aliphatic rings. The number of allylic oxidation sites excluding steroid dienone is 1. The van der Waals surface area contributed by atoms with Crippen LogP contribution in [0.3, 0.4) is 0 Å². The van der Waals surface area contributed by atoms with E-state index in [1.165, 1.54) is 57.8 Å². The Morgan fingerprint density at radius 2 is 1.23 bits per heavy atom. The van der Waals surface area contributed by atoms with Gasteiger partial charge in [0.25, 0.3) is 0 Å². The summed E-state index contributed by atoms with van der Waals surface area (Å²) in [5.74, 6) is -0.985. The molecule has 0 heterocycles. The maximum atomic E-state index is 13.3. The first kappa shape index (κ1) is 29.7. The van der Waals surface area contributed by atoms with Crippen LogP contribution in [0.2, 0.25) is 0 Å². The smallest absolute Gasteiger partial charge is 0.303 e. The highest BCUT2D eigenvalue weighted by Crippen LogP contribution is 2.17. The quantitative estimate of drug-likeness (QED) is 0.139. The molecule has 1 amide bonds. The van der Waals surface area contributed by atoms with Crippen LogP contribution in [0.5, 0.6) is 0 Å². The third kappa shape index (κ3) is 18.0. The van der Waals surface area contributed by atoms with Crippen molar-refractivity contribution in [3.05, 3.63) is 12.2 Å². The summed E-state index contributed by atoms with van der Waals surface area (Å²) in [5.41, 5.74) is 0. The van der Waals surface area contributed by atoms with Gasteiger partial charge in [0.2, 0.25) is 5.91 Å². The molecule has 0 aliphatic heterocycles. The zero-order chi connectivity index (χ0) is 23.2. The van der Waals surface area contributed by atoms with E-state index in [1.54, 1.807) is 0 Å². The Labute approximate surface area is 192 Å². The first-order chi connectivity index (χ1) is 15.1. The summed E-state index contributed by atoms with van der Waals surface area (Å²) in [6, 6.07) is 0. The maximum absolute atomic E-state index is 13.3. The second-order valence-corrected chi connectivity index (χ2v) is 8.97. The molecule has 0 aromatic carbocycles.